The van der Waals surface area contributed by atoms with Crippen LogP contribution in [0.1, 0.15) is 31.2 Å². The molecule has 0 aliphatic rings. The molecule has 0 spiro atoms. The molecule has 0 unspecified atom stereocenters. The average Bonchev–Trinajstić information content (AvgIpc) is 2.41. The molecule has 3 N–H and O–H groups in total. The van der Waals surface area contributed by atoms with Gasteiger partial charge in [0.25, 0.3) is 0 Å². The van der Waals surface area contributed by atoms with Crippen molar-refractivity contribution in [3.05, 3.63) is 41.5 Å². The van der Waals surface area contributed by atoms with Gasteiger partial charge in [-0.25, -0.2) is 15.2 Å². The van der Waals surface area contributed by atoms with Crippen LogP contribution in [0.4, 0.5) is 10.2 Å². The number of nitrogens with one attached hydrogen (secondary N) is 1. The van der Waals surface area contributed by atoms with Crippen molar-refractivity contribution in [3.8, 4) is 11.6 Å². The van der Waals surface area contributed by atoms with Crippen molar-refractivity contribution in [2.24, 2.45) is 5.84 Å². The lowest BCUT2D eigenvalue weighted by Crippen LogP contribution is -2.11. The highest BCUT2D eigenvalue weighted by molar-refractivity contribution is 5.41. The predicted octanol–water partition coefficient (Wildman–Crippen LogP) is 3.13. The minimum Gasteiger partial charge on any atom is -0.439 e. The SMILES string of the molecule is Cc1cc(F)ccc1Oc1cc(NN)nc(C(C)C)n1. The van der Waals surface area contributed by atoms with E-state index in [1.807, 2.05) is 13.8 Å². The van der Waals surface area contributed by atoms with Crippen molar-refractivity contribution in [2.75, 3.05) is 5.43 Å². The molecular weight excluding hydrogens is 259 g/mol. The molecule has 20 heavy (non-hydrogen) atoms. The van der Waals surface area contributed by atoms with Gasteiger partial charge in [-0.2, -0.15) is 4.98 Å². The molecule has 0 aliphatic heterocycles. The summed E-state index contributed by atoms with van der Waals surface area (Å²) >= 11 is 0. The summed E-state index contributed by atoms with van der Waals surface area (Å²) in [7, 11) is 0. The fraction of sp³-hybridized carbons (Fsp3) is 0.286. The molecule has 1 aromatic carbocycles. The largest absolute Gasteiger partial charge is 0.439 e. The number of nitrogens with two attached hydrogens (primary N) is 1. The molecule has 0 saturated carbocycles. The number of ether oxygens (including phenoxy) is 1. The summed E-state index contributed by atoms with van der Waals surface area (Å²) in [6.45, 7) is 5.72. The Bertz CT molecular complexity index is 616. The third-order valence-electron chi connectivity index (χ3n) is 2.74. The molecule has 6 heteroatoms. The van der Waals surface area contributed by atoms with Gasteiger partial charge in [0.1, 0.15) is 23.2 Å². The Morgan fingerprint density at radius 3 is 2.60 bits per heavy atom. The van der Waals surface area contributed by atoms with Gasteiger partial charge < -0.3 is 10.2 Å². The van der Waals surface area contributed by atoms with E-state index in [1.54, 1.807) is 19.1 Å². The molecule has 0 radical (unpaired) electrons. The Labute approximate surface area is 117 Å². The number of aromatic nitrogens is 2. The number of nitrogen functional groups attached to an aromatic ring is 1. The number of hydrogen-bond acceptors (Lipinski definition) is 5. The molecule has 106 valence electrons. The molecule has 0 aliphatic carbocycles. The van der Waals surface area contributed by atoms with E-state index in [-0.39, 0.29) is 11.7 Å². The highest BCUT2D eigenvalue weighted by atomic mass is 19.1. The maximum Gasteiger partial charge on any atom is 0.224 e. The van der Waals surface area contributed by atoms with Gasteiger partial charge in [0.15, 0.2) is 0 Å². The minimum absolute atomic E-state index is 0.139. The van der Waals surface area contributed by atoms with Crippen LogP contribution < -0.4 is 16.0 Å². The second kappa shape index (κ2) is 5.83. The van der Waals surface area contributed by atoms with Crippen molar-refractivity contribution in [1.29, 1.82) is 0 Å². The van der Waals surface area contributed by atoms with Crippen molar-refractivity contribution < 1.29 is 9.13 Å². The van der Waals surface area contributed by atoms with Crippen LogP contribution in [0, 0.1) is 12.7 Å². The zero-order valence-electron chi connectivity index (χ0n) is 11.6. The molecule has 0 bridgehead atoms. The summed E-state index contributed by atoms with van der Waals surface area (Å²) in [5, 5.41) is 0. The summed E-state index contributed by atoms with van der Waals surface area (Å²) in [5.41, 5.74) is 3.17. The van der Waals surface area contributed by atoms with Crippen LogP contribution in [-0.2, 0) is 0 Å². The highest BCUT2D eigenvalue weighted by Crippen LogP contribution is 2.26. The highest BCUT2D eigenvalue weighted by Gasteiger charge is 2.10. The zero-order chi connectivity index (χ0) is 14.7. The fourth-order valence-corrected chi connectivity index (χ4v) is 1.67. The molecule has 2 rings (SSSR count). The first kappa shape index (κ1) is 14.2. The summed E-state index contributed by atoms with van der Waals surface area (Å²) < 4.78 is 18.8. The van der Waals surface area contributed by atoms with Gasteiger partial charge in [-0.15, -0.1) is 0 Å². The lowest BCUT2D eigenvalue weighted by molar-refractivity contribution is 0.452. The van der Waals surface area contributed by atoms with Gasteiger partial charge in [0, 0.05) is 12.0 Å². The monoisotopic (exact) mass is 276 g/mol. The molecule has 0 amide bonds. The molecule has 0 saturated heterocycles. The fourth-order valence-electron chi connectivity index (χ4n) is 1.67. The molecule has 1 aromatic heterocycles. The normalized spacial score (nSPS) is 10.7. The molecule has 0 atom stereocenters. The first-order valence-corrected chi connectivity index (χ1v) is 6.29. The molecule has 5 nitrogen and oxygen atoms in total. The lowest BCUT2D eigenvalue weighted by Gasteiger charge is -2.12. The third-order valence-corrected chi connectivity index (χ3v) is 2.74. The van der Waals surface area contributed by atoms with Crippen LogP contribution >= 0.6 is 0 Å². The van der Waals surface area contributed by atoms with Crippen LogP contribution in [0.5, 0.6) is 11.6 Å². The van der Waals surface area contributed by atoms with E-state index in [4.69, 9.17) is 10.6 Å². The van der Waals surface area contributed by atoms with Crippen LogP contribution in [-0.4, -0.2) is 9.97 Å². The van der Waals surface area contributed by atoms with Crippen molar-refractivity contribution in [1.82, 2.24) is 9.97 Å². The number of hydrogen-bond donors (Lipinski definition) is 2. The van der Waals surface area contributed by atoms with E-state index >= 15 is 0 Å². The summed E-state index contributed by atoms with van der Waals surface area (Å²) in [6.07, 6.45) is 0. The van der Waals surface area contributed by atoms with E-state index < -0.39 is 0 Å². The first-order chi connectivity index (χ1) is 9.49. The maximum absolute atomic E-state index is 13.1. The van der Waals surface area contributed by atoms with E-state index in [0.717, 1.165) is 0 Å². The minimum atomic E-state index is -0.301. The van der Waals surface area contributed by atoms with Crippen LogP contribution in [0.2, 0.25) is 0 Å². The quantitative estimate of drug-likeness (QED) is 0.663. The Kier molecular flexibility index (Phi) is 4.14. The van der Waals surface area contributed by atoms with Crippen molar-refractivity contribution in [2.45, 2.75) is 26.7 Å². The molecule has 0 fully saturated rings. The maximum atomic E-state index is 13.1. The average molecular weight is 276 g/mol. The molecular formula is C14H17FN4O. The Hall–Kier alpha value is -2.21. The molecule has 1 heterocycles. The van der Waals surface area contributed by atoms with Gasteiger partial charge in [-0.05, 0) is 30.7 Å². The smallest absolute Gasteiger partial charge is 0.224 e. The summed E-state index contributed by atoms with van der Waals surface area (Å²) in [5.74, 6) is 7.23. The second-order valence-electron chi connectivity index (χ2n) is 4.76. The lowest BCUT2D eigenvalue weighted by atomic mass is 10.2. The first-order valence-electron chi connectivity index (χ1n) is 6.29. The van der Waals surface area contributed by atoms with Gasteiger partial charge in [-0.1, -0.05) is 13.8 Å². The van der Waals surface area contributed by atoms with Crippen LogP contribution in [0.15, 0.2) is 24.3 Å². The van der Waals surface area contributed by atoms with Crippen molar-refractivity contribution >= 4 is 5.82 Å². The summed E-state index contributed by atoms with van der Waals surface area (Å²) in [4.78, 5) is 8.56. The van der Waals surface area contributed by atoms with E-state index in [0.29, 0.717) is 28.8 Å². The number of halogens is 1. The zero-order valence-corrected chi connectivity index (χ0v) is 11.6. The standard InChI is InChI=1S/C14H17FN4O/c1-8(2)14-17-12(19-16)7-13(18-14)20-11-5-4-10(15)6-9(11)3/h4-8H,16H2,1-3H3,(H,17,18,19). The van der Waals surface area contributed by atoms with E-state index in [9.17, 15) is 4.39 Å². The predicted molar refractivity (Wildman–Crippen MR) is 75.1 cm³/mol. The van der Waals surface area contributed by atoms with Gasteiger partial charge >= 0.3 is 0 Å². The second-order valence-corrected chi connectivity index (χ2v) is 4.76. The van der Waals surface area contributed by atoms with E-state index in [1.165, 1.54) is 12.1 Å². The number of anilines is 1. The van der Waals surface area contributed by atoms with Gasteiger partial charge in [0.2, 0.25) is 5.88 Å². The summed E-state index contributed by atoms with van der Waals surface area (Å²) in [6, 6.07) is 5.91. The van der Waals surface area contributed by atoms with Gasteiger partial charge in [-0.3, -0.25) is 0 Å². The Balaban J connectivity index is 2.34. The number of aryl methyl sites for hydroxylation is 1. The third kappa shape index (κ3) is 3.21. The number of benzene rings is 1. The van der Waals surface area contributed by atoms with E-state index in [2.05, 4.69) is 15.4 Å². The van der Waals surface area contributed by atoms with Gasteiger partial charge in [0.05, 0.1) is 0 Å². The molecule has 2 aromatic rings. The van der Waals surface area contributed by atoms with Crippen molar-refractivity contribution in [3.63, 3.8) is 0 Å². The van der Waals surface area contributed by atoms with Crippen LogP contribution in [0.25, 0.3) is 0 Å². The number of rotatable bonds is 4. The Morgan fingerprint density at radius 2 is 2.00 bits per heavy atom. The number of nitrogens with zero attached hydrogens (tertiary/aromatic N) is 2. The van der Waals surface area contributed by atoms with Crippen LogP contribution in [0.3, 0.4) is 0 Å². The Morgan fingerprint density at radius 1 is 1.25 bits per heavy atom. The number of hydrazine groups is 1. The topological polar surface area (TPSA) is 73.1 Å².